The number of pyridine rings is 1. The van der Waals surface area contributed by atoms with E-state index in [1.54, 1.807) is 0 Å². The SMILES string of the molecule is Cc1ccc(-n2c(CC3CCCN(C)C3)nc3cccnc32)o1. The zero-order valence-electron chi connectivity index (χ0n) is 13.7. The molecular weight excluding hydrogens is 288 g/mol. The Labute approximate surface area is 135 Å². The van der Waals surface area contributed by atoms with E-state index in [-0.39, 0.29) is 0 Å². The quantitative estimate of drug-likeness (QED) is 0.745. The molecule has 4 heterocycles. The number of rotatable bonds is 3. The smallest absolute Gasteiger partial charge is 0.206 e. The molecule has 1 fully saturated rings. The zero-order chi connectivity index (χ0) is 15.8. The van der Waals surface area contributed by atoms with Crippen LogP contribution in [0.1, 0.15) is 24.4 Å². The third-order valence-corrected chi connectivity index (χ3v) is 4.63. The Kier molecular flexibility index (Phi) is 3.65. The molecule has 3 aromatic rings. The molecule has 4 rings (SSSR count). The number of hydrogen-bond donors (Lipinski definition) is 0. The highest BCUT2D eigenvalue weighted by Crippen LogP contribution is 2.25. The predicted molar refractivity (Wildman–Crippen MR) is 89.8 cm³/mol. The summed E-state index contributed by atoms with van der Waals surface area (Å²) in [5.74, 6) is 3.40. The van der Waals surface area contributed by atoms with Crippen molar-refractivity contribution in [3.05, 3.63) is 42.0 Å². The molecule has 1 atom stereocenters. The minimum absolute atomic E-state index is 0.639. The minimum Gasteiger partial charge on any atom is -0.445 e. The fraction of sp³-hybridized carbons (Fsp3) is 0.444. The Hall–Kier alpha value is -2.14. The number of fused-ring (bicyclic) bond motifs is 1. The largest absolute Gasteiger partial charge is 0.445 e. The van der Waals surface area contributed by atoms with E-state index >= 15 is 0 Å². The average molecular weight is 310 g/mol. The topological polar surface area (TPSA) is 47.1 Å². The van der Waals surface area contributed by atoms with Crippen molar-refractivity contribution in [1.29, 1.82) is 0 Å². The fourth-order valence-electron chi connectivity index (χ4n) is 3.57. The van der Waals surface area contributed by atoms with Crippen molar-refractivity contribution in [1.82, 2.24) is 19.4 Å². The predicted octanol–water partition coefficient (Wildman–Crippen LogP) is 3.21. The van der Waals surface area contributed by atoms with Crippen molar-refractivity contribution in [2.45, 2.75) is 26.2 Å². The van der Waals surface area contributed by atoms with Crippen molar-refractivity contribution in [2.75, 3.05) is 20.1 Å². The first-order chi connectivity index (χ1) is 11.2. The lowest BCUT2D eigenvalue weighted by molar-refractivity contribution is 0.207. The maximum atomic E-state index is 5.86. The van der Waals surface area contributed by atoms with Crippen LogP contribution in [-0.4, -0.2) is 39.6 Å². The maximum Gasteiger partial charge on any atom is 0.206 e. The van der Waals surface area contributed by atoms with Crippen LogP contribution in [-0.2, 0) is 6.42 Å². The molecule has 0 spiro atoms. The number of likely N-dealkylation sites (tertiary alicyclic amines) is 1. The van der Waals surface area contributed by atoms with Crippen LogP contribution < -0.4 is 0 Å². The number of aromatic nitrogens is 3. The average Bonchev–Trinajstić information content (AvgIpc) is 3.10. The van der Waals surface area contributed by atoms with Gasteiger partial charge in [-0.05, 0) is 57.5 Å². The third-order valence-electron chi connectivity index (χ3n) is 4.63. The lowest BCUT2D eigenvalue weighted by Crippen LogP contribution is -2.33. The number of nitrogens with zero attached hydrogens (tertiary/aromatic N) is 4. The second kappa shape index (κ2) is 5.81. The van der Waals surface area contributed by atoms with Crippen LogP contribution in [0.4, 0.5) is 0 Å². The van der Waals surface area contributed by atoms with Crippen LogP contribution in [0.2, 0.25) is 0 Å². The van der Waals surface area contributed by atoms with E-state index in [1.807, 2.05) is 37.4 Å². The highest BCUT2D eigenvalue weighted by Gasteiger charge is 2.22. The second-order valence-corrected chi connectivity index (χ2v) is 6.57. The first kappa shape index (κ1) is 14.5. The molecule has 0 aliphatic carbocycles. The van der Waals surface area contributed by atoms with Crippen LogP contribution in [0.15, 0.2) is 34.9 Å². The minimum atomic E-state index is 0.639. The van der Waals surface area contributed by atoms with E-state index in [9.17, 15) is 0 Å². The van der Waals surface area contributed by atoms with Gasteiger partial charge in [-0.15, -0.1) is 0 Å². The molecule has 1 aliphatic rings. The van der Waals surface area contributed by atoms with Crippen molar-refractivity contribution in [2.24, 2.45) is 5.92 Å². The van der Waals surface area contributed by atoms with Gasteiger partial charge in [0.15, 0.2) is 5.65 Å². The van der Waals surface area contributed by atoms with E-state index in [4.69, 9.17) is 9.40 Å². The van der Waals surface area contributed by atoms with Crippen LogP contribution >= 0.6 is 0 Å². The summed E-state index contributed by atoms with van der Waals surface area (Å²) in [4.78, 5) is 11.8. The van der Waals surface area contributed by atoms with Crippen LogP contribution in [0, 0.1) is 12.8 Å². The molecular formula is C18H22N4O. The van der Waals surface area contributed by atoms with Gasteiger partial charge < -0.3 is 9.32 Å². The molecule has 120 valence electrons. The molecule has 0 saturated carbocycles. The lowest BCUT2D eigenvalue weighted by Gasteiger charge is -2.29. The summed E-state index contributed by atoms with van der Waals surface area (Å²) in [6.07, 6.45) is 5.30. The van der Waals surface area contributed by atoms with E-state index in [1.165, 1.54) is 19.4 Å². The monoisotopic (exact) mass is 310 g/mol. The van der Waals surface area contributed by atoms with Gasteiger partial charge in [0, 0.05) is 25.2 Å². The molecule has 5 heteroatoms. The number of hydrogen-bond acceptors (Lipinski definition) is 4. The van der Waals surface area contributed by atoms with E-state index in [0.717, 1.165) is 41.6 Å². The molecule has 0 amide bonds. The Bertz CT molecular complexity index is 819. The molecule has 0 aromatic carbocycles. The second-order valence-electron chi connectivity index (χ2n) is 6.57. The normalized spacial score (nSPS) is 19.5. The van der Waals surface area contributed by atoms with Crippen molar-refractivity contribution >= 4 is 11.2 Å². The van der Waals surface area contributed by atoms with Crippen molar-refractivity contribution in [3.63, 3.8) is 0 Å². The summed E-state index contributed by atoms with van der Waals surface area (Å²) in [6, 6.07) is 7.94. The standard InChI is InChI=1S/C18H22N4O/c1-13-7-8-17(23-13)22-16(11-14-5-4-10-21(2)12-14)20-15-6-3-9-19-18(15)22/h3,6-9,14H,4-5,10-12H2,1-2H3. The maximum absolute atomic E-state index is 5.86. The van der Waals surface area contributed by atoms with Gasteiger partial charge in [0.05, 0.1) is 0 Å². The first-order valence-electron chi connectivity index (χ1n) is 8.28. The van der Waals surface area contributed by atoms with Crippen LogP contribution in [0.3, 0.4) is 0 Å². The summed E-state index contributed by atoms with van der Waals surface area (Å²) in [7, 11) is 2.20. The number of piperidine rings is 1. The van der Waals surface area contributed by atoms with Gasteiger partial charge in [0.2, 0.25) is 5.88 Å². The molecule has 0 bridgehead atoms. The van der Waals surface area contributed by atoms with Crippen molar-refractivity contribution in [3.8, 4) is 5.88 Å². The third kappa shape index (κ3) is 2.77. The van der Waals surface area contributed by atoms with Gasteiger partial charge in [-0.3, -0.25) is 0 Å². The van der Waals surface area contributed by atoms with Crippen molar-refractivity contribution < 1.29 is 4.42 Å². The lowest BCUT2D eigenvalue weighted by atomic mass is 9.95. The van der Waals surface area contributed by atoms with Gasteiger partial charge >= 0.3 is 0 Å². The van der Waals surface area contributed by atoms with Gasteiger partial charge in [-0.25, -0.2) is 14.5 Å². The molecule has 23 heavy (non-hydrogen) atoms. The summed E-state index contributed by atoms with van der Waals surface area (Å²) in [5.41, 5.74) is 1.81. The Balaban J connectivity index is 1.76. The van der Waals surface area contributed by atoms with Gasteiger partial charge in [-0.2, -0.15) is 0 Å². The van der Waals surface area contributed by atoms with E-state index < -0.39 is 0 Å². The van der Waals surface area contributed by atoms with Gasteiger partial charge in [-0.1, -0.05) is 0 Å². The summed E-state index contributed by atoms with van der Waals surface area (Å²) < 4.78 is 7.94. The molecule has 1 saturated heterocycles. The molecule has 1 unspecified atom stereocenters. The molecule has 0 radical (unpaired) electrons. The molecule has 1 aliphatic heterocycles. The Morgan fingerprint density at radius 2 is 2.22 bits per heavy atom. The molecule has 5 nitrogen and oxygen atoms in total. The first-order valence-corrected chi connectivity index (χ1v) is 8.28. The zero-order valence-corrected chi connectivity index (χ0v) is 13.7. The van der Waals surface area contributed by atoms with Gasteiger partial charge in [0.25, 0.3) is 0 Å². The summed E-state index contributed by atoms with van der Waals surface area (Å²) in [6.45, 7) is 4.30. The molecule has 0 N–H and O–H groups in total. The highest BCUT2D eigenvalue weighted by atomic mass is 16.4. The summed E-state index contributed by atoms with van der Waals surface area (Å²) in [5, 5.41) is 0. The fourth-order valence-corrected chi connectivity index (χ4v) is 3.57. The Morgan fingerprint density at radius 3 is 3.00 bits per heavy atom. The number of aryl methyl sites for hydroxylation is 1. The van der Waals surface area contributed by atoms with E-state index in [0.29, 0.717) is 5.92 Å². The van der Waals surface area contributed by atoms with Crippen LogP contribution in [0.5, 0.6) is 0 Å². The highest BCUT2D eigenvalue weighted by molar-refractivity contribution is 5.73. The number of imidazole rings is 1. The molecule has 3 aromatic heterocycles. The summed E-state index contributed by atoms with van der Waals surface area (Å²) >= 11 is 0. The van der Waals surface area contributed by atoms with E-state index in [2.05, 4.69) is 21.5 Å². The number of furan rings is 1. The van der Waals surface area contributed by atoms with Crippen LogP contribution in [0.25, 0.3) is 17.0 Å². The van der Waals surface area contributed by atoms with Gasteiger partial charge in [0.1, 0.15) is 17.1 Å². The Morgan fingerprint density at radius 1 is 1.30 bits per heavy atom.